The van der Waals surface area contributed by atoms with E-state index in [1.165, 1.54) is 42.5 Å². The largest absolute Gasteiger partial charge is 0.337 e. The number of nitro benzene ring substituents is 1. The van der Waals surface area contributed by atoms with Crippen LogP contribution in [0.25, 0.3) is 10.9 Å². The fourth-order valence-electron chi connectivity index (χ4n) is 2.44. The van der Waals surface area contributed by atoms with Crippen molar-refractivity contribution in [3.8, 4) is 0 Å². The zero-order valence-corrected chi connectivity index (χ0v) is 14.7. The fraction of sp³-hybridized carbons (Fsp3) is 0.125. The third kappa shape index (κ3) is 3.96. The zero-order valence-electron chi connectivity index (χ0n) is 13.9. The van der Waals surface area contributed by atoms with E-state index in [1.54, 1.807) is 0 Å². The molecule has 0 unspecified atom stereocenters. The molecule has 0 fully saturated rings. The third-order valence-electron chi connectivity index (χ3n) is 3.84. The number of aromatic amines is 1. The van der Waals surface area contributed by atoms with Crippen LogP contribution in [0.4, 0.5) is 20.3 Å². The Balaban J connectivity index is 1.79. The minimum Gasteiger partial charge on any atom is -0.305 e. The lowest BCUT2D eigenvalue weighted by atomic mass is 10.1. The monoisotopic (exact) mass is 410 g/mol. The first-order valence-electron chi connectivity index (χ1n) is 7.70. The Hall–Kier alpha value is -3.41. The second kappa shape index (κ2) is 7.31. The van der Waals surface area contributed by atoms with Gasteiger partial charge in [0.2, 0.25) is 9.84 Å². The van der Waals surface area contributed by atoms with Crippen LogP contribution >= 0.6 is 0 Å². The van der Waals surface area contributed by atoms with E-state index in [1.807, 2.05) is 0 Å². The second-order valence-electron chi connectivity index (χ2n) is 5.78. The van der Waals surface area contributed by atoms with E-state index in [0.717, 1.165) is 0 Å². The summed E-state index contributed by atoms with van der Waals surface area (Å²) in [5, 5.41) is 20.3. The summed E-state index contributed by atoms with van der Waals surface area (Å²) in [6.07, 6.45) is 0. The summed E-state index contributed by atoms with van der Waals surface area (Å²) in [5.74, 6) is -4.86. The number of amides is 1. The Kier molecular flexibility index (Phi) is 5.05. The summed E-state index contributed by atoms with van der Waals surface area (Å²) in [7, 11) is -4.56. The summed E-state index contributed by atoms with van der Waals surface area (Å²) in [6.45, 7) is 0. The molecule has 0 spiro atoms. The normalized spacial score (nSPS) is 11.7. The number of H-pyrrole nitrogens is 1. The highest BCUT2D eigenvalue weighted by molar-refractivity contribution is 7.90. The van der Waals surface area contributed by atoms with Crippen LogP contribution in [0, 0.1) is 10.1 Å². The number of anilines is 1. The highest BCUT2D eigenvalue weighted by Crippen LogP contribution is 2.25. The lowest BCUT2D eigenvalue weighted by Gasteiger charge is -2.06. The van der Waals surface area contributed by atoms with Crippen LogP contribution in [0.15, 0.2) is 42.5 Å². The quantitative estimate of drug-likeness (QED) is 0.474. The maximum atomic E-state index is 12.4. The van der Waals surface area contributed by atoms with Crippen LogP contribution in [0.5, 0.6) is 0 Å². The molecule has 0 saturated carbocycles. The van der Waals surface area contributed by atoms with Crippen LogP contribution in [-0.4, -0.2) is 35.2 Å². The van der Waals surface area contributed by atoms with Crippen LogP contribution in [-0.2, 0) is 15.6 Å². The molecule has 1 aromatic heterocycles. The van der Waals surface area contributed by atoms with Gasteiger partial charge in [-0.3, -0.25) is 20.0 Å². The maximum Gasteiger partial charge on any atom is 0.337 e. The summed E-state index contributed by atoms with van der Waals surface area (Å²) < 4.78 is 47.3. The van der Waals surface area contributed by atoms with Crippen molar-refractivity contribution < 1.29 is 26.9 Å². The van der Waals surface area contributed by atoms with Gasteiger partial charge >= 0.3 is 5.76 Å². The van der Waals surface area contributed by atoms with Gasteiger partial charge in [-0.1, -0.05) is 12.1 Å². The standard InChI is InChI=1S/C16H12F2N4O5S/c17-16(18)28(26,27)8-9-1-3-10(4-2-9)15(23)19-14-12-7-11(22(24)25)5-6-13(12)20-21-14/h1-7,16H,8H2,(H2,19,20,21,23). The van der Waals surface area contributed by atoms with Gasteiger partial charge in [0.05, 0.1) is 21.6 Å². The van der Waals surface area contributed by atoms with Gasteiger partial charge in [0.15, 0.2) is 5.82 Å². The molecule has 0 aliphatic rings. The van der Waals surface area contributed by atoms with Gasteiger partial charge in [-0.2, -0.15) is 13.9 Å². The first-order valence-corrected chi connectivity index (χ1v) is 9.41. The van der Waals surface area contributed by atoms with E-state index in [0.29, 0.717) is 10.9 Å². The number of rotatable bonds is 6. The van der Waals surface area contributed by atoms with Crippen LogP contribution in [0.3, 0.4) is 0 Å². The van der Waals surface area contributed by atoms with Gasteiger partial charge in [0.1, 0.15) is 0 Å². The molecule has 9 nitrogen and oxygen atoms in total. The minimum atomic E-state index is -4.56. The molecule has 1 heterocycles. The average molecular weight is 410 g/mol. The van der Waals surface area contributed by atoms with Crippen LogP contribution < -0.4 is 5.32 Å². The summed E-state index contributed by atoms with van der Waals surface area (Å²) >= 11 is 0. The van der Waals surface area contributed by atoms with Crippen molar-refractivity contribution in [2.75, 3.05) is 5.32 Å². The summed E-state index contributed by atoms with van der Waals surface area (Å²) in [5.41, 5.74) is 0.542. The molecule has 2 aromatic carbocycles. The topological polar surface area (TPSA) is 135 Å². The number of nitro groups is 1. The number of benzene rings is 2. The summed E-state index contributed by atoms with van der Waals surface area (Å²) in [4.78, 5) is 22.7. The van der Waals surface area contributed by atoms with Crippen molar-refractivity contribution in [1.29, 1.82) is 0 Å². The average Bonchev–Trinajstić information content (AvgIpc) is 3.04. The van der Waals surface area contributed by atoms with Gasteiger partial charge < -0.3 is 5.32 Å². The lowest BCUT2D eigenvalue weighted by Crippen LogP contribution is -2.14. The molecule has 3 rings (SSSR count). The van der Waals surface area contributed by atoms with E-state index >= 15 is 0 Å². The molecule has 3 aromatic rings. The molecule has 2 N–H and O–H groups in total. The number of halogens is 2. The van der Waals surface area contributed by atoms with E-state index < -0.39 is 32.2 Å². The number of alkyl halides is 2. The Morgan fingerprint density at radius 3 is 2.50 bits per heavy atom. The molecule has 1 amide bonds. The molecule has 12 heteroatoms. The van der Waals surface area contributed by atoms with Crippen LogP contribution in [0.1, 0.15) is 15.9 Å². The SMILES string of the molecule is O=C(Nc1n[nH]c2ccc([N+](=O)[O-])cc12)c1ccc(CS(=O)(=O)C(F)F)cc1. The highest BCUT2D eigenvalue weighted by Gasteiger charge is 2.24. The first kappa shape index (κ1) is 19.4. The Bertz CT molecular complexity index is 1160. The van der Waals surface area contributed by atoms with Crippen molar-refractivity contribution in [2.45, 2.75) is 11.5 Å². The van der Waals surface area contributed by atoms with Crippen LogP contribution in [0.2, 0.25) is 0 Å². The van der Waals surface area contributed by atoms with Gasteiger partial charge in [-0.05, 0) is 23.8 Å². The Labute approximate surface area is 156 Å². The fourth-order valence-corrected chi connectivity index (χ4v) is 3.22. The number of aromatic nitrogens is 2. The molecule has 146 valence electrons. The number of carbonyl (C=O) groups is 1. The van der Waals surface area contributed by atoms with Gasteiger partial charge in [0, 0.05) is 17.7 Å². The number of sulfone groups is 1. The van der Waals surface area contributed by atoms with Crippen molar-refractivity contribution in [3.05, 3.63) is 63.7 Å². The number of nitrogens with one attached hydrogen (secondary N) is 2. The second-order valence-corrected chi connectivity index (χ2v) is 7.75. The molecule has 0 bridgehead atoms. The van der Waals surface area contributed by atoms with Gasteiger partial charge in [-0.15, -0.1) is 0 Å². The number of non-ortho nitro benzene ring substituents is 1. The lowest BCUT2D eigenvalue weighted by molar-refractivity contribution is -0.384. The van der Waals surface area contributed by atoms with E-state index in [9.17, 15) is 32.1 Å². The number of nitrogens with zero attached hydrogens (tertiary/aromatic N) is 2. The molecular formula is C16H12F2N4O5S. The smallest absolute Gasteiger partial charge is 0.305 e. The first-order chi connectivity index (χ1) is 13.2. The Morgan fingerprint density at radius 1 is 1.21 bits per heavy atom. The number of carbonyl (C=O) groups excluding carboxylic acids is 1. The maximum absolute atomic E-state index is 12.4. The molecule has 0 radical (unpaired) electrons. The molecule has 28 heavy (non-hydrogen) atoms. The number of hydrogen-bond acceptors (Lipinski definition) is 6. The molecule has 0 aliphatic carbocycles. The number of fused-ring (bicyclic) bond motifs is 1. The van der Waals surface area contributed by atoms with E-state index in [-0.39, 0.29) is 22.6 Å². The summed E-state index contributed by atoms with van der Waals surface area (Å²) in [6, 6.07) is 9.07. The minimum absolute atomic E-state index is 0.0769. The third-order valence-corrected chi connectivity index (χ3v) is 5.12. The van der Waals surface area contributed by atoms with Crippen molar-refractivity contribution in [1.82, 2.24) is 10.2 Å². The van der Waals surface area contributed by atoms with E-state index in [2.05, 4.69) is 15.5 Å². The molecule has 0 saturated heterocycles. The predicted molar refractivity (Wildman–Crippen MR) is 95.8 cm³/mol. The molecular weight excluding hydrogens is 398 g/mol. The zero-order chi connectivity index (χ0) is 20.5. The van der Waals surface area contributed by atoms with Gasteiger partial charge in [0.25, 0.3) is 11.6 Å². The number of hydrogen-bond donors (Lipinski definition) is 2. The molecule has 0 atom stereocenters. The van der Waals surface area contributed by atoms with Crippen molar-refractivity contribution in [2.24, 2.45) is 0 Å². The van der Waals surface area contributed by atoms with Gasteiger partial charge in [-0.25, -0.2) is 8.42 Å². The van der Waals surface area contributed by atoms with Crippen molar-refractivity contribution in [3.63, 3.8) is 0 Å². The predicted octanol–water partition coefficient (Wildman–Crippen LogP) is 2.86. The van der Waals surface area contributed by atoms with E-state index in [4.69, 9.17) is 0 Å². The van der Waals surface area contributed by atoms with Crippen molar-refractivity contribution >= 4 is 38.2 Å². The molecule has 0 aliphatic heterocycles. The highest BCUT2D eigenvalue weighted by atomic mass is 32.2. The Morgan fingerprint density at radius 2 is 1.89 bits per heavy atom.